The molecule has 24 heavy (non-hydrogen) atoms. The zero-order valence-electron chi connectivity index (χ0n) is 14.2. The molecular formula is C18H21N3O3. The number of carbonyl (C=O) groups is 2. The molecule has 0 spiro atoms. The summed E-state index contributed by atoms with van der Waals surface area (Å²) < 4.78 is 6.98. The average molecular weight is 327 g/mol. The van der Waals surface area contributed by atoms with Crippen LogP contribution in [0.5, 0.6) is 0 Å². The summed E-state index contributed by atoms with van der Waals surface area (Å²) in [6, 6.07) is 5.77. The predicted octanol–water partition coefficient (Wildman–Crippen LogP) is 2.40. The van der Waals surface area contributed by atoms with Gasteiger partial charge < -0.3 is 9.64 Å². The highest BCUT2D eigenvalue weighted by atomic mass is 16.5. The smallest absolute Gasteiger partial charge is 0.307 e. The molecule has 0 radical (unpaired) electrons. The molecule has 1 aromatic carbocycles. The maximum atomic E-state index is 12.9. The summed E-state index contributed by atoms with van der Waals surface area (Å²) in [5.41, 5.74) is 3.55. The molecule has 0 fully saturated rings. The van der Waals surface area contributed by atoms with Crippen LogP contribution in [0.2, 0.25) is 0 Å². The maximum absolute atomic E-state index is 12.9. The number of esters is 1. The van der Waals surface area contributed by atoms with Gasteiger partial charge in [0.2, 0.25) is 0 Å². The second-order valence-electron chi connectivity index (χ2n) is 5.95. The van der Waals surface area contributed by atoms with Crippen molar-refractivity contribution in [1.82, 2.24) is 14.5 Å². The number of ether oxygens (including phenoxy) is 1. The molecule has 1 amide bonds. The normalized spacial score (nSPS) is 13.3. The van der Waals surface area contributed by atoms with Crippen LogP contribution in [0.3, 0.4) is 0 Å². The van der Waals surface area contributed by atoms with E-state index in [0.29, 0.717) is 25.3 Å². The molecule has 0 aliphatic carbocycles. The van der Waals surface area contributed by atoms with E-state index < -0.39 is 0 Å². The first-order valence-electron chi connectivity index (χ1n) is 8.10. The van der Waals surface area contributed by atoms with Crippen LogP contribution < -0.4 is 0 Å². The molecule has 6 heteroatoms. The lowest BCUT2D eigenvalue weighted by molar-refractivity contribution is -0.143. The van der Waals surface area contributed by atoms with Crippen LogP contribution in [-0.2, 0) is 16.1 Å². The lowest BCUT2D eigenvalue weighted by Crippen LogP contribution is -2.32. The van der Waals surface area contributed by atoms with Gasteiger partial charge in [0, 0.05) is 18.4 Å². The van der Waals surface area contributed by atoms with Crippen LogP contribution in [0.15, 0.2) is 24.4 Å². The van der Waals surface area contributed by atoms with Crippen LogP contribution >= 0.6 is 0 Å². The molecule has 0 atom stereocenters. The van der Waals surface area contributed by atoms with E-state index in [1.54, 1.807) is 18.0 Å². The quantitative estimate of drug-likeness (QED) is 0.809. The van der Waals surface area contributed by atoms with E-state index in [4.69, 9.17) is 4.74 Å². The number of hydrogen-bond donors (Lipinski definition) is 0. The minimum atomic E-state index is -0.293. The first-order chi connectivity index (χ1) is 11.5. The molecule has 0 N–H and O–H groups in total. The summed E-state index contributed by atoms with van der Waals surface area (Å²) in [6.45, 7) is 6.78. The molecule has 2 aromatic rings. The minimum absolute atomic E-state index is 0.0841. The summed E-state index contributed by atoms with van der Waals surface area (Å²) in [4.78, 5) is 30.7. The topological polar surface area (TPSA) is 64.4 Å². The Bertz CT molecular complexity index is 795. The minimum Gasteiger partial charge on any atom is -0.466 e. The Morgan fingerprint density at radius 1 is 1.33 bits per heavy atom. The molecule has 6 nitrogen and oxygen atoms in total. The van der Waals surface area contributed by atoms with Crippen molar-refractivity contribution in [3.8, 4) is 5.69 Å². The number of rotatable bonds is 4. The third-order valence-corrected chi connectivity index (χ3v) is 4.15. The first kappa shape index (κ1) is 16.2. The Morgan fingerprint density at radius 3 is 2.88 bits per heavy atom. The SMILES string of the molecule is CCOC(=O)CCN1Cc2ncc(C)n2-c2cc(C)ccc2C1=O. The lowest BCUT2D eigenvalue weighted by Gasteiger charge is -2.19. The molecule has 3 rings (SSSR count). The Labute approximate surface area is 141 Å². The molecule has 1 aromatic heterocycles. The van der Waals surface area contributed by atoms with Crippen LogP contribution in [0.1, 0.15) is 40.8 Å². The fourth-order valence-corrected chi connectivity index (χ4v) is 2.99. The van der Waals surface area contributed by atoms with Gasteiger partial charge >= 0.3 is 5.97 Å². The molecule has 0 saturated heterocycles. The van der Waals surface area contributed by atoms with Crippen molar-refractivity contribution in [1.29, 1.82) is 0 Å². The number of hydrogen-bond acceptors (Lipinski definition) is 4. The number of nitrogens with zero attached hydrogens (tertiary/aromatic N) is 3. The van der Waals surface area contributed by atoms with E-state index in [0.717, 1.165) is 22.8 Å². The number of imidazole rings is 1. The van der Waals surface area contributed by atoms with Crippen LogP contribution in [0.25, 0.3) is 5.69 Å². The van der Waals surface area contributed by atoms with E-state index in [2.05, 4.69) is 4.98 Å². The monoisotopic (exact) mass is 327 g/mol. The van der Waals surface area contributed by atoms with Gasteiger partial charge in [0.1, 0.15) is 5.82 Å². The molecular weight excluding hydrogens is 306 g/mol. The van der Waals surface area contributed by atoms with Gasteiger partial charge in [0.15, 0.2) is 0 Å². The molecule has 0 saturated carbocycles. The third-order valence-electron chi connectivity index (χ3n) is 4.15. The van der Waals surface area contributed by atoms with Crippen LogP contribution in [0, 0.1) is 13.8 Å². The van der Waals surface area contributed by atoms with Crippen molar-refractivity contribution in [2.75, 3.05) is 13.2 Å². The molecule has 1 aliphatic heterocycles. The van der Waals surface area contributed by atoms with Gasteiger partial charge in [-0.25, -0.2) is 4.98 Å². The molecule has 1 aliphatic rings. The van der Waals surface area contributed by atoms with Crippen molar-refractivity contribution in [3.63, 3.8) is 0 Å². The zero-order valence-corrected chi connectivity index (χ0v) is 14.2. The van der Waals surface area contributed by atoms with Gasteiger partial charge in [0.05, 0.1) is 30.8 Å². The standard InChI is InChI=1S/C18H21N3O3/c1-4-24-17(22)7-8-20-11-16-19-10-13(3)21(16)15-9-12(2)5-6-14(15)18(20)23/h5-6,9-10H,4,7-8,11H2,1-3H3. The van der Waals surface area contributed by atoms with Gasteiger partial charge in [-0.05, 0) is 38.5 Å². The largest absolute Gasteiger partial charge is 0.466 e. The average Bonchev–Trinajstić information content (AvgIpc) is 2.85. The molecule has 126 valence electrons. The van der Waals surface area contributed by atoms with Crippen molar-refractivity contribution in [2.45, 2.75) is 33.7 Å². The van der Waals surface area contributed by atoms with E-state index in [-0.39, 0.29) is 18.3 Å². The van der Waals surface area contributed by atoms with Crippen molar-refractivity contribution in [2.24, 2.45) is 0 Å². The summed E-state index contributed by atoms with van der Waals surface area (Å²) >= 11 is 0. The van der Waals surface area contributed by atoms with Crippen molar-refractivity contribution >= 4 is 11.9 Å². The van der Waals surface area contributed by atoms with Crippen molar-refractivity contribution < 1.29 is 14.3 Å². The molecule has 2 heterocycles. The number of amides is 1. The zero-order chi connectivity index (χ0) is 17.3. The summed E-state index contributed by atoms with van der Waals surface area (Å²) in [5, 5.41) is 0. The van der Waals surface area contributed by atoms with Gasteiger partial charge in [-0.15, -0.1) is 0 Å². The Hall–Kier alpha value is -2.63. The number of aromatic nitrogens is 2. The van der Waals surface area contributed by atoms with E-state index in [1.807, 2.05) is 36.6 Å². The van der Waals surface area contributed by atoms with Crippen molar-refractivity contribution in [3.05, 3.63) is 47.0 Å². The third kappa shape index (κ3) is 2.91. The number of carbonyl (C=O) groups excluding carboxylic acids is 2. The molecule has 0 bridgehead atoms. The fourth-order valence-electron chi connectivity index (χ4n) is 2.99. The fraction of sp³-hybridized carbons (Fsp3) is 0.389. The number of aryl methyl sites for hydroxylation is 2. The van der Waals surface area contributed by atoms with Gasteiger partial charge in [-0.1, -0.05) is 6.07 Å². The summed E-state index contributed by atoms with van der Waals surface area (Å²) in [6.07, 6.45) is 1.99. The molecule has 0 unspecified atom stereocenters. The van der Waals surface area contributed by atoms with E-state index in [1.165, 1.54) is 0 Å². The second-order valence-corrected chi connectivity index (χ2v) is 5.95. The highest BCUT2D eigenvalue weighted by molar-refractivity contribution is 5.98. The van der Waals surface area contributed by atoms with E-state index in [9.17, 15) is 9.59 Å². The van der Waals surface area contributed by atoms with Gasteiger partial charge in [-0.3, -0.25) is 14.2 Å². The second kappa shape index (κ2) is 6.47. The Kier molecular flexibility index (Phi) is 4.38. The Morgan fingerprint density at radius 2 is 2.12 bits per heavy atom. The highest BCUT2D eigenvalue weighted by Gasteiger charge is 2.27. The summed E-state index contributed by atoms with van der Waals surface area (Å²) in [5.74, 6) is 0.423. The Balaban J connectivity index is 1.98. The van der Waals surface area contributed by atoms with Crippen LogP contribution in [-0.4, -0.2) is 39.5 Å². The van der Waals surface area contributed by atoms with Gasteiger partial charge in [-0.2, -0.15) is 0 Å². The number of benzene rings is 1. The summed E-state index contributed by atoms with van der Waals surface area (Å²) in [7, 11) is 0. The van der Waals surface area contributed by atoms with Gasteiger partial charge in [0.25, 0.3) is 5.91 Å². The number of fused-ring (bicyclic) bond motifs is 3. The lowest BCUT2D eigenvalue weighted by atomic mass is 10.1. The van der Waals surface area contributed by atoms with E-state index >= 15 is 0 Å². The predicted molar refractivity (Wildman–Crippen MR) is 89.0 cm³/mol. The van der Waals surface area contributed by atoms with Crippen LogP contribution in [0.4, 0.5) is 0 Å². The first-order valence-corrected chi connectivity index (χ1v) is 8.10. The highest BCUT2D eigenvalue weighted by Crippen LogP contribution is 2.26. The maximum Gasteiger partial charge on any atom is 0.307 e.